The minimum Gasteiger partial charge on any atom is -0.507 e. The van der Waals surface area contributed by atoms with E-state index in [1.807, 2.05) is 0 Å². The van der Waals surface area contributed by atoms with Gasteiger partial charge in [0, 0.05) is 28.3 Å². The van der Waals surface area contributed by atoms with Crippen LogP contribution in [-0.2, 0) is 33.3 Å². The number of hydrogen-bond donors (Lipinski definition) is 10. The fraction of sp³-hybridized carbons (Fsp3) is 0.400. The first-order chi connectivity index (χ1) is 29.1. The lowest BCUT2D eigenvalue weighted by atomic mass is 9.74. The Labute approximate surface area is 350 Å². The van der Waals surface area contributed by atoms with Crippen LogP contribution in [0.4, 0.5) is 0 Å². The predicted octanol–water partition coefficient (Wildman–Crippen LogP) is -0.224. The summed E-state index contributed by atoms with van der Waals surface area (Å²) in [6, 6.07) is 1.64. The summed E-state index contributed by atoms with van der Waals surface area (Å²) >= 11 is 0. The second-order valence-corrected chi connectivity index (χ2v) is 14.9. The summed E-state index contributed by atoms with van der Waals surface area (Å²) in [6.45, 7) is 0.664. The Kier molecular flexibility index (Phi) is 12.6. The summed E-state index contributed by atoms with van der Waals surface area (Å²) in [5, 5.41) is 98.8. The highest BCUT2D eigenvalue weighted by molar-refractivity contribution is 6.31. The van der Waals surface area contributed by atoms with Gasteiger partial charge in [0.2, 0.25) is 0 Å². The molecule has 0 spiro atoms. The number of phenolic OH excluding ortho intramolecular Hbond substituents is 3. The van der Waals surface area contributed by atoms with Crippen LogP contribution in [0.25, 0.3) is 11.1 Å². The Morgan fingerprint density at radius 2 is 1.50 bits per heavy atom. The van der Waals surface area contributed by atoms with Crippen molar-refractivity contribution in [3.63, 3.8) is 0 Å². The highest BCUT2D eigenvalue weighted by Crippen LogP contribution is 2.57. The van der Waals surface area contributed by atoms with Crippen LogP contribution in [-0.4, -0.2) is 164 Å². The van der Waals surface area contributed by atoms with Crippen molar-refractivity contribution >= 4 is 35.4 Å². The average Bonchev–Trinajstić information content (AvgIpc) is 3.19. The lowest BCUT2D eigenvalue weighted by molar-refractivity contribution is -0.323. The monoisotopic (exact) mass is 870 g/mol. The van der Waals surface area contributed by atoms with Gasteiger partial charge in [-0.1, -0.05) is 6.07 Å². The molecular weight excluding hydrogens is 828 g/mol. The molecule has 9 atom stereocenters. The van der Waals surface area contributed by atoms with E-state index in [1.54, 1.807) is 14.1 Å². The van der Waals surface area contributed by atoms with Crippen LogP contribution in [0.5, 0.6) is 23.0 Å². The van der Waals surface area contributed by atoms with Crippen LogP contribution in [0.15, 0.2) is 24.3 Å². The smallest absolute Gasteiger partial charge is 0.361 e. The number of benzene rings is 3. The molecule has 1 heterocycles. The van der Waals surface area contributed by atoms with Gasteiger partial charge in [-0.3, -0.25) is 14.4 Å². The van der Waals surface area contributed by atoms with Crippen LogP contribution in [0.3, 0.4) is 0 Å². The molecule has 1 saturated heterocycles. The maximum absolute atomic E-state index is 14.1. The number of methoxy groups -OCH3 is 1. The zero-order valence-electron chi connectivity index (χ0n) is 33.4. The molecule has 0 bridgehead atoms. The normalized spacial score (nSPS) is 23.7. The van der Waals surface area contributed by atoms with E-state index in [0.29, 0.717) is 0 Å². The molecule has 3 aromatic carbocycles. The number of ether oxygens (including phenoxy) is 5. The molecule has 6 rings (SSSR count). The second-order valence-electron chi connectivity index (χ2n) is 14.9. The quantitative estimate of drug-likeness (QED) is 0.0732. The molecule has 3 aliphatic rings. The number of ketones is 2. The summed E-state index contributed by atoms with van der Waals surface area (Å²) in [4.78, 5) is 78.2. The molecule has 3 unspecified atom stereocenters. The molecule has 0 saturated carbocycles. The number of carbonyl (C=O) groups is 6. The zero-order chi connectivity index (χ0) is 45.8. The zero-order valence-corrected chi connectivity index (χ0v) is 33.4. The van der Waals surface area contributed by atoms with Gasteiger partial charge in [-0.15, -0.1) is 0 Å². The van der Waals surface area contributed by atoms with Crippen molar-refractivity contribution in [3.05, 3.63) is 68.8 Å². The number of amides is 1. The Balaban J connectivity index is 1.53. The first kappa shape index (κ1) is 45.3. The third kappa shape index (κ3) is 7.77. The summed E-state index contributed by atoms with van der Waals surface area (Å²) in [5.74, 6) is -10.7. The van der Waals surface area contributed by atoms with E-state index in [-0.39, 0.29) is 22.4 Å². The van der Waals surface area contributed by atoms with Crippen LogP contribution in [0.2, 0.25) is 0 Å². The number of aliphatic hydroxyl groups is 3. The number of nitrogens with one attached hydrogen (secondary N) is 1. The van der Waals surface area contributed by atoms with Crippen LogP contribution < -0.4 is 10.1 Å². The third-order valence-electron chi connectivity index (χ3n) is 10.8. The van der Waals surface area contributed by atoms with Gasteiger partial charge < -0.3 is 79.9 Å². The van der Waals surface area contributed by atoms with Gasteiger partial charge >= 0.3 is 17.9 Å². The van der Waals surface area contributed by atoms with Crippen molar-refractivity contribution in [3.8, 4) is 34.1 Å². The van der Waals surface area contributed by atoms with Gasteiger partial charge in [0.1, 0.15) is 54.0 Å². The Morgan fingerprint density at radius 1 is 0.871 bits per heavy atom. The largest absolute Gasteiger partial charge is 0.507 e. The fourth-order valence-corrected chi connectivity index (χ4v) is 8.08. The van der Waals surface area contributed by atoms with Gasteiger partial charge in [0.05, 0.1) is 42.6 Å². The summed E-state index contributed by atoms with van der Waals surface area (Å²) in [5.41, 5.74) is -4.23. The molecule has 62 heavy (non-hydrogen) atoms. The van der Waals surface area contributed by atoms with E-state index in [2.05, 4.69) is 5.32 Å². The standard InChI is InChI=1S/C40H42N2O20/c1-12-6-18-25(31(50)22(12)36(53)41-19(10-43)37(54)55)24-16(9-17-26(32(24)51)29(48)15-7-14(58-5)8-20(44)23(15)28(17)47)30(49)34(18)61-39-33(52)35(27(42(3)4)13(2)60-39)62-40(38(56)57)59-11-21(45)46/h6-9,13,19,27,30,33-35,39-40,43-44,49-52H,10-11H2,1-5H3,(H,41,53)(H,45,46)(H,54,55)(H,56,57)/t13?,19-,27-,30+,33-,34-,35?,39-,40?/m1/s1. The van der Waals surface area contributed by atoms with Crippen molar-refractivity contribution in [1.82, 2.24) is 10.2 Å². The van der Waals surface area contributed by atoms with Gasteiger partial charge in [-0.2, -0.15) is 0 Å². The maximum Gasteiger partial charge on any atom is 0.361 e. The molecule has 22 nitrogen and oxygen atoms in total. The maximum atomic E-state index is 14.1. The van der Waals surface area contributed by atoms with E-state index < -0.39 is 160 Å². The Bertz CT molecular complexity index is 2380. The number of rotatable bonds is 14. The molecule has 0 radical (unpaired) electrons. The molecular formula is C40H42N2O20. The second kappa shape index (κ2) is 17.3. The van der Waals surface area contributed by atoms with Crippen molar-refractivity contribution in [2.45, 2.75) is 69.0 Å². The van der Waals surface area contributed by atoms with Crippen molar-refractivity contribution in [2.24, 2.45) is 0 Å². The first-order valence-corrected chi connectivity index (χ1v) is 18.6. The van der Waals surface area contributed by atoms with E-state index >= 15 is 0 Å². The predicted molar refractivity (Wildman–Crippen MR) is 204 cm³/mol. The number of nitrogens with zero attached hydrogens (tertiary/aromatic N) is 1. The number of likely N-dealkylation sites (N-methyl/N-ethyl adjacent to an activating group) is 1. The van der Waals surface area contributed by atoms with Crippen molar-refractivity contribution in [1.29, 1.82) is 0 Å². The van der Waals surface area contributed by atoms with Crippen molar-refractivity contribution < 1.29 is 98.4 Å². The Morgan fingerprint density at radius 3 is 2.08 bits per heavy atom. The minimum atomic E-state index is -2.22. The Hall–Kier alpha value is -6.24. The average molecular weight is 871 g/mol. The van der Waals surface area contributed by atoms with Gasteiger partial charge in [0.15, 0.2) is 23.9 Å². The van der Waals surface area contributed by atoms with Crippen LogP contribution in [0.1, 0.15) is 78.0 Å². The lowest BCUT2D eigenvalue weighted by Crippen LogP contribution is -2.64. The highest BCUT2D eigenvalue weighted by atomic mass is 16.7. The number of phenols is 3. The molecule has 10 N–H and O–H groups in total. The van der Waals surface area contributed by atoms with Gasteiger partial charge in [-0.25, -0.2) is 14.4 Å². The summed E-state index contributed by atoms with van der Waals surface area (Å²) in [7, 11) is 4.34. The van der Waals surface area contributed by atoms with Gasteiger partial charge in [0.25, 0.3) is 12.2 Å². The molecule has 332 valence electrons. The number of aromatic hydroxyl groups is 3. The van der Waals surface area contributed by atoms with Crippen LogP contribution in [0, 0.1) is 6.92 Å². The number of aliphatic carboxylic acids is 3. The fourth-order valence-electron chi connectivity index (χ4n) is 8.08. The first-order valence-electron chi connectivity index (χ1n) is 18.6. The molecule has 1 amide bonds. The van der Waals surface area contributed by atoms with Gasteiger partial charge in [-0.05, 0) is 56.8 Å². The summed E-state index contributed by atoms with van der Waals surface area (Å²) < 4.78 is 28.0. The number of carboxylic acids is 3. The molecule has 0 aromatic heterocycles. The number of hydrogen-bond acceptors (Lipinski definition) is 18. The van der Waals surface area contributed by atoms with E-state index in [9.17, 15) is 69.6 Å². The van der Waals surface area contributed by atoms with Crippen molar-refractivity contribution in [2.75, 3.05) is 34.4 Å². The SMILES string of the molecule is COc1cc(O)c2c(c1)C(=O)c1c(cc3c(c1O)-c1c(cc(C)c(C(=O)N[C@H](CO)C(=O)O)c1O)[C@@H](O[C@H]1OC(C)[C@@H](N(C)C)C(OC(OCC(=O)O)C(=O)O)[C@H]1O)[C@H]3O)C2=O. The summed E-state index contributed by atoms with van der Waals surface area (Å²) in [6.07, 6.45) is -12.4. The molecule has 22 heteroatoms. The lowest BCUT2D eigenvalue weighted by Gasteiger charge is -2.47. The molecule has 1 aliphatic heterocycles. The third-order valence-corrected chi connectivity index (χ3v) is 10.8. The topological polar surface area (TPSA) is 346 Å². The number of carbonyl (C=O) groups excluding carboxylic acids is 3. The highest BCUT2D eigenvalue weighted by Gasteiger charge is 2.51. The number of carboxylic acid groups (broad SMARTS) is 3. The molecule has 3 aromatic rings. The number of aliphatic hydroxyl groups excluding tert-OH is 3. The van der Waals surface area contributed by atoms with E-state index in [4.69, 9.17) is 28.8 Å². The molecule has 1 fully saturated rings. The minimum absolute atomic E-state index is 0.0207. The van der Waals surface area contributed by atoms with E-state index in [0.717, 1.165) is 18.2 Å². The van der Waals surface area contributed by atoms with Crippen LogP contribution >= 0.6 is 0 Å². The van der Waals surface area contributed by atoms with E-state index in [1.165, 1.54) is 31.9 Å². The number of fused-ring (bicyclic) bond motifs is 5. The molecule has 2 aliphatic carbocycles. The number of aryl methyl sites for hydroxylation is 1.